The molecule has 0 unspecified atom stereocenters. The van der Waals surface area contributed by atoms with E-state index >= 15 is 0 Å². The van der Waals surface area contributed by atoms with E-state index in [1.807, 2.05) is 39.0 Å². The summed E-state index contributed by atoms with van der Waals surface area (Å²) in [5, 5.41) is 9.25. The third-order valence-corrected chi connectivity index (χ3v) is 3.49. The number of rotatable bonds is 9. The summed E-state index contributed by atoms with van der Waals surface area (Å²) in [4.78, 5) is 16.1. The van der Waals surface area contributed by atoms with E-state index in [0.717, 1.165) is 23.6 Å². The van der Waals surface area contributed by atoms with E-state index < -0.39 is 0 Å². The zero-order chi connectivity index (χ0) is 18.7. The predicted molar refractivity (Wildman–Crippen MR) is 100 cm³/mol. The summed E-state index contributed by atoms with van der Waals surface area (Å²) in [6, 6.07) is 5.66. The molecule has 7 heteroatoms. The monoisotopic (exact) mass is 350 g/mol. The van der Waals surface area contributed by atoms with Crippen molar-refractivity contribution in [2.24, 2.45) is 10.9 Å². The summed E-state index contributed by atoms with van der Waals surface area (Å²) in [6.07, 6.45) is 0. The van der Waals surface area contributed by atoms with Gasteiger partial charge in [-0.15, -0.1) is 0 Å². The van der Waals surface area contributed by atoms with Crippen molar-refractivity contribution in [3.8, 4) is 11.5 Å². The number of methoxy groups -OCH3 is 2. The van der Waals surface area contributed by atoms with E-state index in [2.05, 4.69) is 20.9 Å². The van der Waals surface area contributed by atoms with E-state index in [1.54, 1.807) is 14.2 Å². The van der Waals surface area contributed by atoms with E-state index in [-0.39, 0.29) is 11.8 Å². The first-order valence-electron chi connectivity index (χ1n) is 8.52. The van der Waals surface area contributed by atoms with E-state index in [9.17, 15) is 4.79 Å². The minimum Gasteiger partial charge on any atom is -0.497 e. The molecule has 140 valence electrons. The second-order valence-electron chi connectivity index (χ2n) is 5.75. The molecule has 0 spiro atoms. The van der Waals surface area contributed by atoms with Crippen molar-refractivity contribution < 1.29 is 14.3 Å². The van der Waals surface area contributed by atoms with Crippen molar-refractivity contribution in [1.29, 1.82) is 0 Å². The van der Waals surface area contributed by atoms with Crippen LogP contribution >= 0.6 is 0 Å². The maximum absolute atomic E-state index is 11.5. The van der Waals surface area contributed by atoms with Crippen LogP contribution in [0, 0.1) is 5.92 Å². The Morgan fingerprint density at radius 2 is 1.84 bits per heavy atom. The van der Waals surface area contributed by atoms with Gasteiger partial charge in [-0.2, -0.15) is 0 Å². The topological polar surface area (TPSA) is 84.0 Å². The van der Waals surface area contributed by atoms with E-state index in [1.165, 1.54) is 0 Å². The zero-order valence-corrected chi connectivity index (χ0v) is 15.8. The van der Waals surface area contributed by atoms with Crippen molar-refractivity contribution in [3.63, 3.8) is 0 Å². The molecule has 0 aliphatic rings. The molecule has 0 aromatic heterocycles. The minimum atomic E-state index is -0.00978. The molecular formula is C18H30N4O3. The van der Waals surface area contributed by atoms with Gasteiger partial charge in [0.2, 0.25) is 5.91 Å². The zero-order valence-electron chi connectivity index (χ0n) is 15.8. The highest BCUT2D eigenvalue weighted by Gasteiger charge is 2.07. The summed E-state index contributed by atoms with van der Waals surface area (Å²) in [5.74, 6) is 2.22. The average Bonchev–Trinajstić information content (AvgIpc) is 2.62. The highest BCUT2D eigenvalue weighted by atomic mass is 16.5. The molecule has 0 saturated heterocycles. The van der Waals surface area contributed by atoms with Crippen LogP contribution in [0.3, 0.4) is 0 Å². The molecule has 0 aliphatic heterocycles. The molecule has 1 aromatic carbocycles. The molecule has 0 aliphatic carbocycles. The molecule has 25 heavy (non-hydrogen) atoms. The molecule has 1 amide bonds. The van der Waals surface area contributed by atoms with Gasteiger partial charge in [0, 0.05) is 37.2 Å². The quantitative estimate of drug-likeness (QED) is 0.357. The van der Waals surface area contributed by atoms with Crippen LogP contribution in [0.25, 0.3) is 0 Å². The normalized spacial score (nSPS) is 11.2. The molecule has 0 radical (unpaired) electrons. The molecule has 0 fully saturated rings. The molecule has 1 rings (SSSR count). The molecule has 0 atom stereocenters. The number of carbonyl (C=O) groups excluding carboxylic acids is 1. The number of nitrogens with zero attached hydrogens (tertiary/aromatic N) is 1. The average molecular weight is 350 g/mol. The summed E-state index contributed by atoms with van der Waals surface area (Å²) in [5.41, 5.74) is 0.966. The van der Waals surface area contributed by atoms with Gasteiger partial charge in [0.1, 0.15) is 11.5 Å². The highest BCUT2D eigenvalue weighted by molar-refractivity contribution is 5.80. The van der Waals surface area contributed by atoms with Crippen LogP contribution in [0.4, 0.5) is 0 Å². The van der Waals surface area contributed by atoms with Gasteiger partial charge in [-0.1, -0.05) is 13.8 Å². The van der Waals surface area contributed by atoms with Gasteiger partial charge in [-0.05, 0) is 19.1 Å². The van der Waals surface area contributed by atoms with Crippen molar-refractivity contribution in [3.05, 3.63) is 23.8 Å². The Hall–Kier alpha value is -2.44. The maximum Gasteiger partial charge on any atom is 0.222 e. The van der Waals surface area contributed by atoms with Gasteiger partial charge < -0.3 is 25.4 Å². The predicted octanol–water partition coefficient (Wildman–Crippen LogP) is 1.53. The van der Waals surface area contributed by atoms with Gasteiger partial charge in [0.05, 0.1) is 20.8 Å². The molecule has 7 nitrogen and oxygen atoms in total. The Morgan fingerprint density at radius 1 is 1.12 bits per heavy atom. The van der Waals surface area contributed by atoms with Crippen LogP contribution < -0.4 is 25.4 Å². The largest absolute Gasteiger partial charge is 0.497 e. The molecule has 0 heterocycles. The van der Waals surface area contributed by atoms with Gasteiger partial charge >= 0.3 is 0 Å². The third kappa shape index (κ3) is 7.32. The smallest absolute Gasteiger partial charge is 0.222 e. The summed E-state index contributed by atoms with van der Waals surface area (Å²) in [7, 11) is 3.25. The number of ether oxygens (including phenoxy) is 2. The molecule has 0 saturated carbocycles. The van der Waals surface area contributed by atoms with Gasteiger partial charge in [-0.3, -0.25) is 4.79 Å². The van der Waals surface area contributed by atoms with Crippen LogP contribution in [-0.4, -0.2) is 45.7 Å². The number of benzene rings is 1. The number of nitrogens with one attached hydrogen (secondary N) is 3. The fourth-order valence-electron chi connectivity index (χ4n) is 2.06. The van der Waals surface area contributed by atoms with Crippen molar-refractivity contribution in [1.82, 2.24) is 16.0 Å². The number of aliphatic imine (C=N–C) groups is 1. The Balaban J connectivity index is 2.62. The maximum atomic E-state index is 11.5. The first-order valence-corrected chi connectivity index (χ1v) is 8.52. The number of hydrogen-bond donors (Lipinski definition) is 3. The lowest BCUT2D eigenvalue weighted by Crippen LogP contribution is -2.42. The number of hydrogen-bond acceptors (Lipinski definition) is 4. The fraction of sp³-hybridized carbons (Fsp3) is 0.556. The lowest BCUT2D eigenvalue weighted by molar-refractivity contribution is -0.123. The first-order chi connectivity index (χ1) is 12.0. The van der Waals surface area contributed by atoms with Crippen LogP contribution in [0.2, 0.25) is 0 Å². The Labute approximate surface area is 150 Å². The summed E-state index contributed by atoms with van der Waals surface area (Å²) >= 11 is 0. The van der Waals surface area contributed by atoms with E-state index in [0.29, 0.717) is 25.6 Å². The Kier molecular flexibility index (Phi) is 9.21. The van der Waals surface area contributed by atoms with Gasteiger partial charge in [0.25, 0.3) is 0 Å². The van der Waals surface area contributed by atoms with Crippen LogP contribution in [0.15, 0.2) is 23.2 Å². The molecule has 3 N–H and O–H groups in total. The van der Waals surface area contributed by atoms with Crippen LogP contribution in [-0.2, 0) is 11.3 Å². The number of carbonyl (C=O) groups is 1. The van der Waals surface area contributed by atoms with E-state index in [4.69, 9.17) is 9.47 Å². The molecule has 1 aromatic rings. The lowest BCUT2D eigenvalue weighted by Gasteiger charge is -2.13. The van der Waals surface area contributed by atoms with Crippen LogP contribution in [0.5, 0.6) is 11.5 Å². The van der Waals surface area contributed by atoms with Crippen molar-refractivity contribution in [2.75, 3.05) is 33.9 Å². The second kappa shape index (κ2) is 11.2. The lowest BCUT2D eigenvalue weighted by atomic mass is 10.2. The van der Waals surface area contributed by atoms with Gasteiger partial charge in [0.15, 0.2) is 5.96 Å². The Morgan fingerprint density at radius 3 is 2.44 bits per heavy atom. The molecular weight excluding hydrogens is 320 g/mol. The molecule has 0 bridgehead atoms. The van der Waals surface area contributed by atoms with Crippen molar-refractivity contribution >= 4 is 11.9 Å². The fourth-order valence-corrected chi connectivity index (χ4v) is 2.06. The standard InChI is InChI=1S/C18H30N4O3/c1-6-19-18(21-10-9-20-17(23)13(2)3)22-12-14-7-8-15(24-4)11-16(14)25-5/h7-8,11,13H,6,9-10,12H2,1-5H3,(H,20,23)(H2,19,21,22). The Bertz CT molecular complexity index is 573. The second-order valence-corrected chi connectivity index (χ2v) is 5.75. The third-order valence-electron chi connectivity index (χ3n) is 3.49. The SMILES string of the molecule is CCNC(=NCc1ccc(OC)cc1OC)NCCNC(=O)C(C)C. The number of amides is 1. The van der Waals surface area contributed by atoms with Crippen LogP contribution in [0.1, 0.15) is 26.3 Å². The summed E-state index contributed by atoms with van der Waals surface area (Å²) in [6.45, 7) is 8.13. The van der Waals surface area contributed by atoms with Crippen molar-refractivity contribution in [2.45, 2.75) is 27.3 Å². The highest BCUT2D eigenvalue weighted by Crippen LogP contribution is 2.25. The number of guanidine groups is 1. The summed E-state index contributed by atoms with van der Waals surface area (Å²) < 4.78 is 10.6. The first kappa shape index (κ1) is 20.6. The van der Waals surface area contributed by atoms with Gasteiger partial charge in [-0.25, -0.2) is 4.99 Å². The minimum absolute atomic E-state index is 0.00978.